The largest absolute Gasteiger partial charge is 0.342 e. The highest BCUT2D eigenvalue weighted by molar-refractivity contribution is 7.09. The van der Waals surface area contributed by atoms with Crippen molar-refractivity contribution in [2.75, 3.05) is 13.1 Å². The van der Waals surface area contributed by atoms with Crippen LogP contribution in [0, 0.1) is 0 Å². The van der Waals surface area contributed by atoms with Crippen LogP contribution in [0.3, 0.4) is 0 Å². The quantitative estimate of drug-likeness (QED) is 0.802. The second kappa shape index (κ2) is 7.92. The van der Waals surface area contributed by atoms with Gasteiger partial charge >= 0.3 is 0 Å². The van der Waals surface area contributed by atoms with Crippen LogP contribution in [0.25, 0.3) is 0 Å². The molecule has 24 heavy (non-hydrogen) atoms. The third-order valence-corrected chi connectivity index (χ3v) is 5.65. The Balaban J connectivity index is 1.51. The van der Waals surface area contributed by atoms with Gasteiger partial charge in [-0.25, -0.2) is 9.97 Å². The van der Waals surface area contributed by atoms with Crippen LogP contribution in [-0.4, -0.2) is 38.4 Å². The Hall–Kier alpha value is -1.69. The molecule has 6 heteroatoms. The molecule has 0 aromatic carbocycles. The van der Waals surface area contributed by atoms with E-state index in [1.54, 1.807) is 23.9 Å². The number of amides is 1. The second-order valence-electron chi connectivity index (χ2n) is 6.85. The predicted octanol–water partition coefficient (Wildman–Crippen LogP) is 3.65. The number of aryl methyl sites for hydroxylation is 1. The molecule has 1 atom stereocenters. The Morgan fingerprint density at radius 1 is 1.46 bits per heavy atom. The summed E-state index contributed by atoms with van der Waals surface area (Å²) in [6.07, 6.45) is 9.21. The van der Waals surface area contributed by atoms with Gasteiger partial charge in [0.05, 0.1) is 17.0 Å². The molecule has 0 bridgehead atoms. The van der Waals surface area contributed by atoms with Crippen molar-refractivity contribution in [3.05, 3.63) is 34.8 Å². The summed E-state index contributed by atoms with van der Waals surface area (Å²) in [5.74, 6) is 1.16. The van der Waals surface area contributed by atoms with E-state index in [1.807, 2.05) is 15.7 Å². The number of carbonyl (C=O) groups is 1. The van der Waals surface area contributed by atoms with Crippen molar-refractivity contribution in [3.8, 4) is 0 Å². The van der Waals surface area contributed by atoms with Gasteiger partial charge < -0.3 is 9.47 Å². The molecule has 1 aliphatic rings. The van der Waals surface area contributed by atoms with Gasteiger partial charge in [0.25, 0.3) is 0 Å². The Morgan fingerprint density at radius 3 is 3.04 bits per heavy atom. The third-order valence-electron chi connectivity index (χ3n) is 4.62. The van der Waals surface area contributed by atoms with Crippen molar-refractivity contribution in [1.29, 1.82) is 0 Å². The SMILES string of the molecule is CC(C)c1csc([C@@H]2CCCN(C(=O)CCCn3ccnc3)C2)n1. The molecule has 0 N–H and O–H groups in total. The number of piperidine rings is 1. The molecule has 1 aliphatic heterocycles. The molecule has 5 nitrogen and oxygen atoms in total. The lowest BCUT2D eigenvalue weighted by Crippen LogP contribution is -2.39. The minimum absolute atomic E-state index is 0.278. The van der Waals surface area contributed by atoms with Crippen molar-refractivity contribution in [3.63, 3.8) is 0 Å². The topological polar surface area (TPSA) is 51.0 Å². The first-order valence-corrected chi connectivity index (χ1v) is 9.70. The van der Waals surface area contributed by atoms with Crippen molar-refractivity contribution in [1.82, 2.24) is 19.4 Å². The molecule has 2 aromatic heterocycles. The molecular weight excluding hydrogens is 320 g/mol. The second-order valence-corrected chi connectivity index (χ2v) is 7.74. The van der Waals surface area contributed by atoms with E-state index < -0.39 is 0 Å². The number of thiazole rings is 1. The lowest BCUT2D eigenvalue weighted by Gasteiger charge is -2.32. The monoisotopic (exact) mass is 346 g/mol. The Kier molecular flexibility index (Phi) is 5.66. The van der Waals surface area contributed by atoms with Crippen LogP contribution in [0.2, 0.25) is 0 Å². The average Bonchev–Trinajstić information content (AvgIpc) is 3.26. The average molecular weight is 346 g/mol. The molecule has 1 saturated heterocycles. The summed E-state index contributed by atoms with van der Waals surface area (Å²) in [5, 5.41) is 3.38. The van der Waals surface area contributed by atoms with Crippen LogP contribution < -0.4 is 0 Å². The summed E-state index contributed by atoms with van der Waals surface area (Å²) in [5.41, 5.74) is 1.18. The molecular formula is C18H26N4OS. The van der Waals surface area contributed by atoms with Gasteiger partial charge in [-0.15, -0.1) is 11.3 Å². The fourth-order valence-corrected chi connectivity index (χ4v) is 4.26. The number of nitrogens with zero attached hydrogens (tertiary/aromatic N) is 4. The van der Waals surface area contributed by atoms with E-state index in [0.717, 1.165) is 38.9 Å². The lowest BCUT2D eigenvalue weighted by atomic mass is 9.98. The summed E-state index contributed by atoms with van der Waals surface area (Å²) >= 11 is 1.75. The highest BCUT2D eigenvalue weighted by Gasteiger charge is 2.26. The van der Waals surface area contributed by atoms with Crippen LogP contribution in [-0.2, 0) is 11.3 Å². The number of hydrogen-bond donors (Lipinski definition) is 0. The van der Waals surface area contributed by atoms with Gasteiger partial charge in [-0.3, -0.25) is 4.79 Å². The number of aromatic nitrogens is 3. The first-order valence-electron chi connectivity index (χ1n) is 8.82. The summed E-state index contributed by atoms with van der Waals surface area (Å²) in [6.45, 7) is 6.93. The highest BCUT2D eigenvalue weighted by Crippen LogP contribution is 2.31. The zero-order chi connectivity index (χ0) is 16.9. The smallest absolute Gasteiger partial charge is 0.222 e. The Labute approximate surface area is 147 Å². The summed E-state index contributed by atoms with van der Waals surface area (Å²) < 4.78 is 2.02. The summed E-state index contributed by atoms with van der Waals surface area (Å²) in [6, 6.07) is 0. The van der Waals surface area contributed by atoms with Crippen molar-refractivity contribution >= 4 is 17.2 Å². The van der Waals surface area contributed by atoms with Gasteiger partial charge in [0.15, 0.2) is 0 Å². The van der Waals surface area contributed by atoms with Gasteiger partial charge in [-0.05, 0) is 25.2 Å². The molecule has 1 amide bonds. The van der Waals surface area contributed by atoms with Crippen molar-refractivity contribution in [2.24, 2.45) is 0 Å². The van der Waals surface area contributed by atoms with Gasteiger partial charge in [-0.2, -0.15) is 0 Å². The Morgan fingerprint density at radius 2 is 2.33 bits per heavy atom. The Bertz CT molecular complexity index is 650. The van der Waals surface area contributed by atoms with Gasteiger partial charge in [-0.1, -0.05) is 13.8 Å². The van der Waals surface area contributed by atoms with E-state index in [1.165, 1.54) is 10.7 Å². The maximum Gasteiger partial charge on any atom is 0.222 e. The first-order chi connectivity index (χ1) is 11.6. The molecule has 0 aliphatic carbocycles. The number of rotatable bonds is 6. The van der Waals surface area contributed by atoms with E-state index in [9.17, 15) is 4.79 Å². The van der Waals surface area contributed by atoms with E-state index in [4.69, 9.17) is 4.98 Å². The third kappa shape index (κ3) is 4.23. The van der Waals surface area contributed by atoms with Gasteiger partial charge in [0.1, 0.15) is 0 Å². The zero-order valence-corrected chi connectivity index (χ0v) is 15.3. The highest BCUT2D eigenvalue weighted by atomic mass is 32.1. The van der Waals surface area contributed by atoms with E-state index in [0.29, 0.717) is 18.3 Å². The first kappa shape index (κ1) is 17.1. The number of carbonyl (C=O) groups excluding carboxylic acids is 1. The van der Waals surface area contributed by atoms with Gasteiger partial charge in [0, 0.05) is 49.7 Å². The normalized spacial score (nSPS) is 18.3. The number of imidazole rings is 1. The zero-order valence-electron chi connectivity index (χ0n) is 14.5. The molecule has 0 radical (unpaired) electrons. The molecule has 3 rings (SSSR count). The number of likely N-dealkylation sites (tertiary alicyclic amines) is 1. The van der Waals surface area contributed by atoms with Gasteiger partial charge in [0.2, 0.25) is 5.91 Å². The van der Waals surface area contributed by atoms with Crippen molar-refractivity contribution < 1.29 is 4.79 Å². The predicted molar refractivity (Wildman–Crippen MR) is 96.2 cm³/mol. The van der Waals surface area contributed by atoms with Crippen LogP contribution in [0.4, 0.5) is 0 Å². The van der Waals surface area contributed by atoms with Crippen LogP contribution >= 0.6 is 11.3 Å². The molecule has 1 fully saturated rings. The van der Waals surface area contributed by atoms with Crippen LogP contribution in [0.1, 0.15) is 62.1 Å². The fourth-order valence-electron chi connectivity index (χ4n) is 3.15. The summed E-state index contributed by atoms with van der Waals surface area (Å²) in [4.78, 5) is 23.4. The van der Waals surface area contributed by atoms with E-state index in [2.05, 4.69) is 24.2 Å². The fraction of sp³-hybridized carbons (Fsp3) is 0.611. The number of hydrogen-bond acceptors (Lipinski definition) is 4. The van der Waals surface area contributed by atoms with Crippen LogP contribution in [0.15, 0.2) is 24.1 Å². The van der Waals surface area contributed by atoms with E-state index in [-0.39, 0.29) is 5.91 Å². The maximum absolute atomic E-state index is 12.5. The molecule has 0 unspecified atom stereocenters. The molecule has 0 spiro atoms. The maximum atomic E-state index is 12.5. The minimum atomic E-state index is 0.278. The molecule has 0 saturated carbocycles. The molecule has 2 aromatic rings. The summed E-state index contributed by atoms with van der Waals surface area (Å²) in [7, 11) is 0. The molecule has 3 heterocycles. The van der Waals surface area contributed by atoms with E-state index >= 15 is 0 Å². The molecule has 130 valence electrons. The lowest BCUT2D eigenvalue weighted by molar-refractivity contribution is -0.132. The minimum Gasteiger partial charge on any atom is -0.342 e. The van der Waals surface area contributed by atoms with Crippen LogP contribution in [0.5, 0.6) is 0 Å². The standard InChI is InChI=1S/C18H26N4OS/c1-14(2)16-12-24-18(20-16)15-5-3-9-22(11-15)17(23)6-4-8-21-10-7-19-13-21/h7,10,12-15H,3-6,8-9,11H2,1-2H3/t15-/m1/s1. The van der Waals surface area contributed by atoms with Crippen molar-refractivity contribution in [2.45, 2.75) is 57.9 Å².